The molecule has 0 heterocycles. The zero-order chi connectivity index (χ0) is 30.4. The second kappa shape index (κ2) is 23.2. The van der Waals surface area contributed by atoms with Gasteiger partial charge in [-0.05, 0) is 83.5 Å². The normalized spacial score (nSPS) is 17.1. The van der Waals surface area contributed by atoms with Gasteiger partial charge < -0.3 is 9.68 Å². The third-order valence-corrected chi connectivity index (χ3v) is 8.28. The van der Waals surface area contributed by atoms with Crippen molar-refractivity contribution >= 4 is 0 Å². The van der Waals surface area contributed by atoms with Crippen LogP contribution in [-0.4, -0.2) is 49.6 Å². The highest BCUT2D eigenvalue weighted by atomic mass is 16.7. The lowest BCUT2D eigenvalue weighted by Gasteiger charge is -2.41. The Morgan fingerprint density at radius 3 is 1.98 bits per heavy atom. The maximum atomic E-state index is 6.20. The summed E-state index contributed by atoms with van der Waals surface area (Å²) < 4.78 is 0. The van der Waals surface area contributed by atoms with Crippen molar-refractivity contribution in [2.24, 2.45) is 17.8 Å². The van der Waals surface area contributed by atoms with Crippen LogP contribution in [0, 0.1) is 17.8 Å². The van der Waals surface area contributed by atoms with Gasteiger partial charge in [0.15, 0.2) is 0 Å². The summed E-state index contributed by atoms with van der Waals surface area (Å²) in [5.41, 5.74) is 12.9. The molecule has 0 aliphatic rings. The number of hydroxylamine groups is 4. The van der Waals surface area contributed by atoms with E-state index in [0.29, 0.717) is 44.1 Å². The van der Waals surface area contributed by atoms with Gasteiger partial charge in [-0.3, -0.25) is 9.68 Å². The minimum Gasteiger partial charge on any atom is -0.301 e. The summed E-state index contributed by atoms with van der Waals surface area (Å²) in [4.78, 5) is 24.3. The van der Waals surface area contributed by atoms with Gasteiger partial charge in [-0.1, -0.05) is 74.7 Å². The van der Waals surface area contributed by atoms with Gasteiger partial charge in [-0.2, -0.15) is 11.0 Å². The Labute approximate surface area is 249 Å². The van der Waals surface area contributed by atoms with Crippen LogP contribution in [0.15, 0.2) is 0 Å². The molecule has 0 radical (unpaired) electrons. The van der Waals surface area contributed by atoms with Crippen LogP contribution in [0.3, 0.4) is 0 Å². The van der Waals surface area contributed by atoms with Crippen LogP contribution in [0.2, 0.25) is 0 Å². The summed E-state index contributed by atoms with van der Waals surface area (Å²) in [6.07, 6.45) is 10.2. The van der Waals surface area contributed by atoms with Crippen LogP contribution < -0.4 is 21.9 Å². The van der Waals surface area contributed by atoms with Gasteiger partial charge in [0.25, 0.3) is 0 Å². The predicted molar refractivity (Wildman–Crippen MR) is 168 cm³/mol. The molecule has 0 fully saturated rings. The number of nitrogens with one attached hydrogen (secondary N) is 4. The van der Waals surface area contributed by atoms with Gasteiger partial charge in [-0.25, -0.2) is 11.0 Å². The molecule has 242 valence electrons. The maximum absolute atomic E-state index is 6.20. The van der Waals surface area contributed by atoms with E-state index in [1.54, 1.807) is 0 Å². The summed E-state index contributed by atoms with van der Waals surface area (Å²) in [5.74, 6) is 1.81. The first-order valence-electron chi connectivity index (χ1n) is 16.5. The third-order valence-electron chi connectivity index (χ3n) is 8.28. The first kappa shape index (κ1) is 39.7. The summed E-state index contributed by atoms with van der Waals surface area (Å²) in [5, 5.41) is 0. The quantitative estimate of drug-likeness (QED) is 0.0574. The summed E-state index contributed by atoms with van der Waals surface area (Å²) >= 11 is 0. The number of hydrogen-bond acceptors (Lipinski definition) is 8. The van der Waals surface area contributed by atoms with Crippen molar-refractivity contribution in [3.63, 3.8) is 0 Å². The van der Waals surface area contributed by atoms with E-state index in [1.165, 1.54) is 0 Å². The lowest BCUT2D eigenvalue weighted by Crippen LogP contribution is -2.61. The van der Waals surface area contributed by atoms with E-state index in [2.05, 4.69) is 98.1 Å². The molecule has 0 rings (SSSR count). The van der Waals surface area contributed by atoms with Gasteiger partial charge >= 0.3 is 0 Å². The molecule has 4 N–H and O–H groups in total. The summed E-state index contributed by atoms with van der Waals surface area (Å²) in [6, 6.07) is 0.0365. The summed E-state index contributed by atoms with van der Waals surface area (Å²) in [6.45, 7) is 27.0. The first-order valence-corrected chi connectivity index (χ1v) is 16.5. The Morgan fingerprint density at radius 2 is 1.40 bits per heavy atom. The fraction of sp³-hybridized carbons (Fsp3) is 1.00. The van der Waals surface area contributed by atoms with Crippen molar-refractivity contribution in [1.29, 1.82) is 0 Å². The second-order valence-electron chi connectivity index (χ2n) is 13.0. The van der Waals surface area contributed by atoms with Crippen molar-refractivity contribution in [3.05, 3.63) is 0 Å². The smallest absolute Gasteiger partial charge is 0.0840 e. The van der Waals surface area contributed by atoms with Crippen LogP contribution in [0.1, 0.15) is 140 Å². The van der Waals surface area contributed by atoms with E-state index >= 15 is 0 Å². The Balaban J connectivity index is 5.60. The van der Waals surface area contributed by atoms with Gasteiger partial charge in [-0.15, -0.1) is 0 Å². The topological polar surface area (TPSA) is 85.0 Å². The lowest BCUT2D eigenvalue weighted by atomic mass is 9.83. The standard InChI is InChI=1S/C32H70N4O4/c1-12-19-31(10,11)40-34-23-21-32(36-38-25-18-27(7)13-2,20-22-33-39-29(9)28(8)14-3)30(15-4)35-37-24-16-17-26(5)6/h26-30,33-36H,12-25H2,1-11H3. The largest absolute Gasteiger partial charge is 0.301 e. The molecule has 5 unspecified atom stereocenters. The van der Waals surface area contributed by atoms with Crippen LogP contribution in [0.4, 0.5) is 0 Å². The van der Waals surface area contributed by atoms with Crippen LogP contribution in [-0.2, 0) is 19.4 Å². The molecular weight excluding hydrogens is 504 g/mol. The van der Waals surface area contributed by atoms with E-state index in [1.807, 2.05) is 0 Å². The van der Waals surface area contributed by atoms with Gasteiger partial charge in [0.05, 0.1) is 36.5 Å². The van der Waals surface area contributed by atoms with Crippen molar-refractivity contribution in [3.8, 4) is 0 Å². The Hall–Kier alpha value is -0.320. The third kappa shape index (κ3) is 18.3. The first-order chi connectivity index (χ1) is 19.0. The van der Waals surface area contributed by atoms with Crippen LogP contribution >= 0.6 is 0 Å². The molecule has 8 nitrogen and oxygen atoms in total. The molecule has 0 aromatic heterocycles. The second-order valence-corrected chi connectivity index (χ2v) is 13.0. The molecule has 0 bridgehead atoms. The minimum atomic E-state index is -0.399. The highest BCUT2D eigenvalue weighted by molar-refractivity contribution is 4.96. The molecule has 0 spiro atoms. The van der Waals surface area contributed by atoms with E-state index in [-0.39, 0.29) is 17.7 Å². The van der Waals surface area contributed by atoms with Gasteiger partial charge in [0, 0.05) is 13.1 Å². The molecular formula is C32H70N4O4. The average Bonchev–Trinajstić information content (AvgIpc) is 2.92. The highest BCUT2D eigenvalue weighted by Crippen LogP contribution is 2.24. The molecule has 0 amide bonds. The molecule has 40 heavy (non-hydrogen) atoms. The Bertz CT molecular complexity index is 581. The van der Waals surface area contributed by atoms with Crippen LogP contribution in [0.5, 0.6) is 0 Å². The van der Waals surface area contributed by atoms with E-state index in [4.69, 9.17) is 19.4 Å². The van der Waals surface area contributed by atoms with Crippen molar-refractivity contribution < 1.29 is 19.4 Å². The van der Waals surface area contributed by atoms with Crippen molar-refractivity contribution in [2.75, 3.05) is 26.3 Å². The SMILES string of the molecule is CCCC(C)(C)ONCCC(CCNOC(C)C(C)CC)(NOCCC(C)CC)C(CC)NOCCCC(C)C. The van der Waals surface area contributed by atoms with E-state index < -0.39 is 5.54 Å². The Morgan fingerprint density at radius 1 is 0.725 bits per heavy atom. The van der Waals surface area contributed by atoms with Crippen molar-refractivity contribution in [1.82, 2.24) is 21.9 Å². The lowest BCUT2D eigenvalue weighted by molar-refractivity contribution is -0.109. The average molecular weight is 575 g/mol. The van der Waals surface area contributed by atoms with Crippen LogP contribution in [0.25, 0.3) is 0 Å². The fourth-order valence-electron chi connectivity index (χ4n) is 4.70. The molecule has 0 aromatic rings. The Kier molecular flexibility index (Phi) is 23.0. The summed E-state index contributed by atoms with van der Waals surface area (Å²) in [7, 11) is 0. The molecule has 0 aliphatic carbocycles. The zero-order valence-electron chi connectivity index (χ0n) is 28.4. The highest BCUT2D eigenvalue weighted by Gasteiger charge is 2.38. The predicted octanol–water partition coefficient (Wildman–Crippen LogP) is 7.25. The molecule has 0 aromatic carbocycles. The molecule has 8 heteroatoms. The molecule has 0 saturated carbocycles. The zero-order valence-corrected chi connectivity index (χ0v) is 28.4. The monoisotopic (exact) mass is 575 g/mol. The molecule has 0 saturated heterocycles. The number of rotatable bonds is 28. The molecule has 5 atom stereocenters. The van der Waals surface area contributed by atoms with Gasteiger partial charge in [0.2, 0.25) is 0 Å². The fourth-order valence-corrected chi connectivity index (χ4v) is 4.70. The molecule has 0 aliphatic heterocycles. The number of hydrogen-bond donors (Lipinski definition) is 4. The van der Waals surface area contributed by atoms with Gasteiger partial charge in [0.1, 0.15) is 0 Å². The minimum absolute atomic E-state index is 0.0365. The van der Waals surface area contributed by atoms with E-state index in [9.17, 15) is 0 Å². The van der Waals surface area contributed by atoms with E-state index in [0.717, 1.165) is 64.2 Å². The maximum Gasteiger partial charge on any atom is 0.0840 e. The van der Waals surface area contributed by atoms with Crippen molar-refractivity contribution in [2.45, 2.75) is 164 Å².